The average Bonchev–Trinajstić information content (AvgIpc) is 3.27. The molecule has 1 aromatic rings. The van der Waals surface area contributed by atoms with Gasteiger partial charge >= 0.3 is 0 Å². The number of nitrogens with one attached hydrogen (secondary N) is 2. The topological polar surface area (TPSA) is 92.0 Å². The quantitative estimate of drug-likeness (QED) is 0.136. The van der Waals surface area contributed by atoms with Gasteiger partial charge in [-0.3, -0.25) is 10.1 Å². The van der Waals surface area contributed by atoms with E-state index in [1.807, 2.05) is 0 Å². The number of ether oxygens (including phenoxy) is 1. The van der Waals surface area contributed by atoms with E-state index in [4.69, 9.17) is 9.73 Å². The van der Waals surface area contributed by atoms with Crippen LogP contribution in [0, 0.1) is 16.0 Å². The lowest BCUT2D eigenvalue weighted by molar-refractivity contribution is -0.384. The summed E-state index contributed by atoms with van der Waals surface area (Å²) in [5.41, 5.74) is 1.04. The Hall–Kier alpha value is -1.46. The van der Waals surface area contributed by atoms with Gasteiger partial charge in [-0.1, -0.05) is 26.0 Å². The molecular weight excluding hydrogens is 509 g/mol. The first kappa shape index (κ1) is 27.6. The third-order valence-corrected chi connectivity index (χ3v) is 5.54. The molecule has 8 nitrogen and oxygen atoms in total. The molecule has 9 heteroatoms. The molecular formula is C22H38IN5O3. The van der Waals surface area contributed by atoms with Crippen molar-refractivity contribution < 1.29 is 9.66 Å². The number of non-ortho nitro benzene ring substituents is 1. The summed E-state index contributed by atoms with van der Waals surface area (Å²) in [6.07, 6.45) is 3.28. The summed E-state index contributed by atoms with van der Waals surface area (Å²) < 4.78 is 5.47. The molecule has 2 rings (SSSR count). The van der Waals surface area contributed by atoms with Crippen LogP contribution in [0.5, 0.6) is 0 Å². The predicted molar refractivity (Wildman–Crippen MR) is 136 cm³/mol. The molecule has 0 amide bonds. The Morgan fingerprint density at radius 2 is 2.03 bits per heavy atom. The first-order valence-electron chi connectivity index (χ1n) is 11.1. The number of nitro groups is 1. The molecule has 0 aromatic heterocycles. The monoisotopic (exact) mass is 547 g/mol. The van der Waals surface area contributed by atoms with Crippen LogP contribution in [0.3, 0.4) is 0 Å². The second-order valence-electron chi connectivity index (χ2n) is 7.91. The van der Waals surface area contributed by atoms with Crippen LogP contribution < -0.4 is 10.6 Å². The zero-order valence-corrected chi connectivity index (χ0v) is 21.3. The Kier molecular flexibility index (Phi) is 13.7. The maximum atomic E-state index is 10.8. The summed E-state index contributed by atoms with van der Waals surface area (Å²) in [5.74, 6) is 1.30. The molecule has 2 N–H and O–H groups in total. The molecule has 1 aliphatic rings. The molecule has 1 heterocycles. The van der Waals surface area contributed by atoms with Crippen molar-refractivity contribution in [3.8, 4) is 0 Å². The maximum Gasteiger partial charge on any atom is 0.269 e. The molecule has 2 unspecified atom stereocenters. The van der Waals surface area contributed by atoms with Crippen LogP contribution in [-0.4, -0.2) is 61.2 Å². The van der Waals surface area contributed by atoms with E-state index in [0.29, 0.717) is 18.5 Å². The molecule has 1 fully saturated rings. The third kappa shape index (κ3) is 10.6. The van der Waals surface area contributed by atoms with Crippen molar-refractivity contribution >= 4 is 35.6 Å². The summed E-state index contributed by atoms with van der Waals surface area (Å²) >= 11 is 0. The zero-order valence-electron chi connectivity index (χ0n) is 19.0. The van der Waals surface area contributed by atoms with Gasteiger partial charge in [-0.15, -0.1) is 24.0 Å². The summed E-state index contributed by atoms with van der Waals surface area (Å²) in [7, 11) is 0. The van der Waals surface area contributed by atoms with E-state index >= 15 is 0 Å². The molecule has 2 atom stereocenters. The van der Waals surface area contributed by atoms with Crippen LogP contribution in [0.15, 0.2) is 29.3 Å². The lowest BCUT2D eigenvalue weighted by Crippen LogP contribution is -2.44. The number of halogens is 1. The van der Waals surface area contributed by atoms with E-state index < -0.39 is 0 Å². The highest BCUT2D eigenvalue weighted by Crippen LogP contribution is 2.13. The maximum absolute atomic E-state index is 10.8. The average molecular weight is 547 g/mol. The van der Waals surface area contributed by atoms with Crippen molar-refractivity contribution in [2.75, 3.05) is 39.4 Å². The minimum Gasteiger partial charge on any atom is -0.381 e. The lowest BCUT2D eigenvalue weighted by Gasteiger charge is -2.22. The Bertz CT molecular complexity index is 662. The Labute approximate surface area is 203 Å². The molecule has 0 spiro atoms. The summed E-state index contributed by atoms with van der Waals surface area (Å²) in [4.78, 5) is 17.6. The molecule has 0 radical (unpaired) electrons. The number of nitro benzene ring substituents is 1. The normalized spacial score (nSPS) is 17.3. The molecule has 1 aromatic carbocycles. The first-order valence-corrected chi connectivity index (χ1v) is 11.1. The highest BCUT2D eigenvalue weighted by Gasteiger charge is 2.16. The molecule has 176 valence electrons. The highest BCUT2D eigenvalue weighted by molar-refractivity contribution is 14.0. The molecule has 0 bridgehead atoms. The van der Waals surface area contributed by atoms with Crippen molar-refractivity contribution in [3.63, 3.8) is 0 Å². The van der Waals surface area contributed by atoms with Gasteiger partial charge in [0.25, 0.3) is 5.69 Å². The Morgan fingerprint density at radius 3 is 2.61 bits per heavy atom. The number of rotatable bonds is 12. The number of benzene rings is 1. The van der Waals surface area contributed by atoms with Crippen LogP contribution in [0.2, 0.25) is 0 Å². The molecule has 1 saturated heterocycles. The number of nitrogens with zero attached hydrogens (tertiary/aromatic N) is 3. The van der Waals surface area contributed by atoms with Crippen molar-refractivity contribution in [2.24, 2.45) is 10.9 Å². The fraction of sp³-hybridized carbons (Fsp3) is 0.682. The molecule has 31 heavy (non-hydrogen) atoms. The van der Waals surface area contributed by atoms with Gasteiger partial charge in [0.15, 0.2) is 5.96 Å². The smallest absolute Gasteiger partial charge is 0.269 e. The van der Waals surface area contributed by atoms with Gasteiger partial charge < -0.3 is 20.3 Å². The summed E-state index contributed by atoms with van der Waals surface area (Å²) in [6, 6.07) is 6.88. The Balaban J connectivity index is 0.00000480. The van der Waals surface area contributed by atoms with E-state index in [-0.39, 0.29) is 34.6 Å². The summed E-state index contributed by atoms with van der Waals surface area (Å²) in [5, 5.41) is 17.8. The van der Waals surface area contributed by atoms with Gasteiger partial charge in [0, 0.05) is 37.2 Å². The van der Waals surface area contributed by atoms with E-state index in [1.165, 1.54) is 12.1 Å². The SMILES string of the molecule is CCN(CC)CCCC(C)NC(=NCc1ccc([N+](=O)[O-])cc1)NCC1CCOC1.I. The zero-order chi connectivity index (χ0) is 21.8. The van der Waals surface area contributed by atoms with Gasteiger partial charge in [-0.25, -0.2) is 4.99 Å². The second kappa shape index (κ2) is 15.4. The number of hydrogen-bond donors (Lipinski definition) is 2. The van der Waals surface area contributed by atoms with Crippen molar-refractivity contribution in [3.05, 3.63) is 39.9 Å². The minimum atomic E-state index is -0.384. The Morgan fingerprint density at radius 1 is 1.32 bits per heavy atom. The van der Waals surface area contributed by atoms with Gasteiger partial charge in [-0.05, 0) is 51.4 Å². The van der Waals surface area contributed by atoms with E-state index in [2.05, 4.69) is 36.3 Å². The molecule has 0 aliphatic carbocycles. The van der Waals surface area contributed by atoms with Crippen molar-refractivity contribution in [2.45, 2.75) is 52.6 Å². The van der Waals surface area contributed by atoms with Crippen molar-refractivity contribution in [1.82, 2.24) is 15.5 Å². The third-order valence-electron chi connectivity index (χ3n) is 5.54. The number of aliphatic imine (C=N–C) groups is 1. The van der Waals surface area contributed by atoms with Crippen LogP contribution in [-0.2, 0) is 11.3 Å². The van der Waals surface area contributed by atoms with Gasteiger partial charge in [0.05, 0.1) is 18.1 Å². The van der Waals surface area contributed by atoms with Gasteiger partial charge in [-0.2, -0.15) is 0 Å². The number of hydrogen-bond acceptors (Lipinski definition) is 5. The highest BCUT2D eigenvalue weighted by atomic mass is 127. The van der Waals surface area contributed by atoms with E-state index in [0.717, 1.165) is 70.2 Å². The second-order valence-corrected chi connectivity index (χ2v) is 7.91. The van der Waals surface area contributed by atoms with Gasteiger partial charge in [0.2, 0.25) is 0 Å². The fourth-order valence-corrected chi connectivity index (χ4v) is 3.50. The summed E-state index contributed by atoms with van der Waals surface area (Å²) in [6.45, 7) is 12.8. The van der Waals surface area contributed by atoms with Crippen LogP contribution in [0.4, 0.5) is 5.69 Å². The van der Waals surface area contributed by atoms with Crippen LogP contribution in [0.1, 0.15) is 45.6 Å². The first-order chi connectivity index (χ1) is 14.5. The number of guanidine groups is 1. The molecule has 1 aliphatic heterocycles. The standard InChI is InChI=1S/C22H37N5O3.HI/c1-4-26(5-2)13-6-7-18(3)25-22(24-16-20-12-14-30-17-20)23-15-19-8-10-21(11-9-19)27(28)29;/h8-11,18,20H,4-7,12-17H2,1-3H3,(H2,23,24,25);1H. The minimum absolute atomic E-state index is 0. The largest absolute Gasteiger partial charge is 0.381 e. The molecule has 0 saturated carbocycles. The van der Waals surface area contributed by atoms with E-state index in [1.54, 1.807) is 12.1 Å². The van der Waals surface area contributed by atoms with E-state index in [9.17, 15) is 10.1 Å². The van der Waals surface area contributed by atoms with Crippen molar-refractivity contribution in [1.29, 1.82) is 0 Å². The van der Waals surface area contributed by atoms with Crippen LogP contribution in [0.25, 0.3) is 0 Å². The fourth-order valence-electron chi connectivity index (χ4n) is 3.50. The lowest BCUT2D eigenvalue weighted by atomic mass is 10.1. The van der Waals surface area contributed by atoms with Gasteiger partial charge in [0.1, 0.15) is 0 Å². The van der Waals surface area contributed by atoms with Crippen LogP contribution >= 0.6 is 24.0 Å². The predicted octanol–water partition coefficient (Wildman–Crippen LogP) is 3.80.